The quantitative estimate of drug-likeness (QED) is 0.743. The Bertz CT molecular complexity index is 412. The van der Waals surface area contributed by atoms with Crippen molar-refractivity contribution in [2.45, 2.75) is 24.8 Å². The zero-order valence-electron chi connectivity index (χ0n) is 10.4. The topological polar surface area (TPSA) is 20.3 Å². The number of carbonyl (C=O) groups is 1. The van der Waals surface area contributed by atoms with Gasteiger partial charge in [-0.15, -0.1) is 0 Å². The number of hydrogen-bond acceptors (Lipinski definition) is 2. The van der Waals surface area contributed by atoms with E-state index in [1.54, 1.807) is 0 Å². The van der Waals surface area contributed by atoms with Crippen LogP contribution in [0.25, 0.3) is 0 Å². The van der Waals surface area contributed by atoms with Crippen molar-refractivity contribution in [3.63, 3.8) is 0 Å². The molecule has 1 aliphatic rings. The van der Waals surface area contributed by atoms with Crippen LogP contribution in [0.15, 0.2) is 43.0 Å². The van der Waals surface area contributed by atoms with E-state index in [2.05, 4.69) is 11.5 Å². The molecule has 0 amide bonds. The molecule has 1 unspecified atom stereocenters. The summed E-state index contributed by atoms with van der Waals surface area (Å²) in [5.74, 6) is 0.117. The Morgan fingerprint density at radius 1 is 1.35 bits per heavy atom. The Balaban J connectivity index is 2.50. The Hall–Kier alpha value is -1.41. The van der Waals surface area contributed by atoms with Crippen molar-refractivity contribution in [2.24, 2.45) is 0 Å². The van der Waals surface area contributed by atoms with E-state index in [-0.39, 0.29) is 5.78 Å². The van der Waals surface area contributed by atoms with E-state index in [0.29, 0.717) is 0 Å². The van der Waals surface area contributed by atoms with Crippen LogP contribution in [0.2, 0.25) is 0 Å². The van der Waals surface area contributed by atoms with Crippen LogP contribution < -0.4 is 0 Å². The van der Waals surface area contributed by atoms with Crippen LogP contribution in [0, 0.1) is 0 Å². The highest BCUT2D eigenvalue weighted by Gasteiger charge is 2.43. The maximum absolute atomic E-state index is 12.3. The first-order valence-electron chi connectivity index (χ1n) is 6.15. The van der Waals surface area contributed by atoms with Gasteiger partial charge in [0.15, 0.2) is 5.78 Å². The molecule has 0 saturated carbocycles. The van der Waals surface area contributed by atoms with Gasteiger partial charge in [0, 0.05) is 0 Å². The standard InChI is InChI=1S/C15H19NO/c1-3-14(17)15(11-7-8-12-16(15)2)13-9-5-4-6-10-13/h3-6,9-10H,1,7-8,11-12H2,2H3. The van der Waals surface area contributed by atoms with Gasteiger partial charge in [-0.25, -0.2) is 0 Å². The largest absolute Gasteiger partial charge is 0.292 e. The molecule has 1 atom stereocenters. The summed E-state index contributed by atoms with van der Waals surface area (Å²) in [4.78, 5) is 14.5. The number of likely N-dealkylation sites (N-methyl/N-ethyl adjacent to an activating group) is 1. The maximum Gasteiger partial charge on any atom is 0.179 e. The zero-order valence-corrected chi connectivity index (χ0v) is 10.4. The normalized spacial score (nSPS) is 25.5. The van der Waals surface area contributed by atoms with E-state index in [9.17, 15) is 4.79 Å². The van der Waals surface area contributed by atoms with Crippen LogP contribution in [0.4, 0.5) is 0 Å². The summed E-state index contributed by atoms with van der Waals surface area (Å²) >= 11 is 0. The number of benzene rings is 1. The average molecular weight is 229 g/mol. The Labute approximate surface area is 103 Å². The van der Waals surface area contributed by atoms with Crippen molar-refractivity contribution in [1.29, 1.82) is 0 Å². The molecule has 2 nitrogen and oxygen atoms in total. The van der Waals surface area contributed by atoms with Gasteiger partial charge < -0.3 is 0 Å². The van der Waals surface area contributed by atoms with E-state index >= 15 is 0 Å². The van der Waals surface area contributed by atoms with Crippen molar-refractivity contribution in [3.05, 3.63) is 48.6 Å². The second kappa shape index (κ2) is 4.84. The van der Waals surface area contributed by atoms with E-state index in [1.165, 1.54) is 6.08 Å². The molecule has 90 valence electrons. The fourth-order valence-corrected chi connectivity index (χ4v) is 2.81. The second-order valence-electron chi connectivity index (χ2n) is 4.67. The molecule has 1 heterocycles. The molecule has 1 aliphatic heterocycles. The van der Waals surface area contributed by atoms with Gasteiger partial charge in [0.25, 0.3) is 0 Å². The second-order valence-corrected chi connectivity index (χ2v) is 4.67. The predicted octanol–water partition coefficient (Wildman–Crippen LogP) is 2.75. The maximum atomic E-state index is 12.3. The van der Waals surface area contributed by atoms with Gasteiger partial charge in [-0.3, -0.25) is 9.69 Å². The first kappa shape index (κ1) is 12.1. The summed E-state index contributed by atoms with van der Waals surface area (Å²) < 4.78 is 0. The monoisotopic (exact) mass is 229 g/mol. The fraction of sp³-hybridized carbons (Fsp3) is 0.400. The minimum atomic E-state index is -0.485. The SMILES string of the molecule is C=CC(=O)C1(c2ccccc2)CCCCN1C. The Kier molecular flexibility index (Phi) is 3.43. The summed E-state index contributed by atoms with van der Waals surface area (Å²) in [5.41, 5.74) is 0.605. The summed E-state index contributed by atoms with van der Waals surface area (Å²) in [6.45, 7) is 4.63. The van der Waals surface area contributed by atoms with Crippen molar-refractivity contribution < 1.29 is 4.79 Å². The lowest BCUT2D eigenvalue weighted by atomic mass is 9.77. The van der Waals surface area contributed by atoms with Gasteiger partial charge in [0.2, 0.25) is 0 Å². The lowest BCUT2D eigenvalue weighted by Crippen LogP contribution is -2.52. The molecule has 0 bridgehead atoms. The van der Waals surface area contributed by atoms with Crippen LogP contribution in [-0.2, 0) is 10.3 Å². The molecular formula is C15H19NO. The molecule has 1 saturated heterocycles. The third-order valence-electron chi connectivity index (χ3n) is 3.78. The molecule has 2 heteroatoms. The van der Waals surface area contributed by atoms with Gasteiger partial charge >= 0.3 is 0 Å². The molecule has 17 heavy (non-hydrogen) atoms. The van der Waals surface area contributed by atoms with Gasteiger partial charge in [-0.05, 0) is 44.5 Å². The molecule has 0 radical (unpaired) electrons. The summed E-state index contributed by atoms with van der Waals surface area (Å²) in [7, 11) is 2.04. The Morgan fingerprint density at radius 3 is 2.65 bits per heavy atom. The van der Waals surface area contributed by atoms with Crippen LogP contribution in [0.1, 0.15) is 24.8 Å². The van der Waals surface area contributed by atoms with Crippen molar-refractivity contribution in [3.8, 4) is 0 Å². The van der Waals surface area contributed by atoms with Gasteiger partial charge in [0.1, 0.15) is 5.54 Å². The van der Waals surface area contributed by atoms with E-state index in [4.69, 9.17) is 0 Å². The molecule has 1 fully saturated rings. The van der Waals surface area contributed by atoms with Crippen LogP contribution >= 0.6 is 0 Å². The molecule has 0 aromatic heterocycles. The van der Waals surface area contributed by atoms with Crippen LogP contribution in [0.3, 0.4) is 0 Å². The zero-order chi connectivity index (χ0) is 12.3. The minimum absolute atomic E-state index is 0.117. The molecule has 1 aromatic carbocycles. The third kappa shape index (κ3) is 1.93. The highest BCUT2D eigenvalue weighted by atomic mass is 16.1. The number of carbonyl (C=O) groups excluding carboxylic acids is 1. The number of rotatable bonds is 3. The number of ketones is 1. The minimum Gasteiger partial charge on any atom is -0.292 e. The van der Waals surface area contributed by atoms with E-state index in [0.717, 1.165) is 31.4 Å². The summed E-state index contributed by atoms with van der Waals surface area (Å²) in [5, 5.41) is 0. The fourth-order valence-electron chi connectivity index (χ4n) is 2.81. The van der Waals surface area contributed by atoms with Gasteiger partial charge in [0.05, 0.1) is 0 Å². The van der Waals surface area contributed by atoms with E-state index in [1.807, 2.05) is 37.4 Å². The van der Waals surface area contributed by atoms with Crippen LogP contribution in [-0.4, -0.2) is 24.3 Å². The lowest BCUT2D eigenvalue weighted by Gasteiger charge is -2.44. The number of likely N-dealkylation sites (tertiary alicyclic amines) is 1. The molecule has 0 N–H and O–H groups in total. The predicted molar refractivity (Wildman–Crippen MR) is 69.8 cm³/mol. The highest BCUT2D eigenvalue weighted by Crippen LogP contribution is 2.37. The number of nitrogens with zero attached hydrogens (tertiary/aromatic N) is 1. The van der Waals surface area contributed by atoms with Gasteiger partial charge in [-0.1, -0.05) is 36.9 Å². The lowest BCUT2D eigenvalue weighted by molar-refractivity contribution is -0.128. The smallest absolute Gasteiger partial charge is 0.179 e. The van der Waals surface area contributed by atoms with Crippen molar-refractivity contribution >= 4 is 5.78 Å². The van der Waals surface area contributed by atoms with E-state index < -0.39 is 5.54 Å². The first-order chi connectivity index (χ1) is 8.21. The number of piperidine rings is 1. The first-order valence-corrected chi connectivity index (χ1v) is 6.15. The molecule has 1 aromatic rings. The number of hydrogen-bond donors (Lipinski definition) is 0. The van der Waals surface area contributed by atoms with Crippen molar-refractivity contribution in [1.82, 2.24) is 4.90 Å². The molecular weight excluding hydrogens is 210 g/mol. The summed E-state index contributed by atoms with van der Waals surface area (Å²) in [6, 6.07) is 10.1. The van der Waals surface area contributed by atoms with Crippen molar-refractivity contribution in [2.75, 3.05) is 13.6 Å². The molecule has 2 rings (SSSR count). The molecule has 0 spiro atoms. The van der Waals surface area contributed by atoms with Gasteiger partial charge in [-0.2, -0.15) is 0 Å². The van der Waals surface area contributed by atoms with Crippen LogP contribution in [0.5, 0.6) is 0 Å². The summed E-state index contributed by atoms with van der Waals surface area (Å²) in [6.07, 6.45) is 4.61. The highest BCUT2D eigenvalue weighted by molar-refractivity contribution is 5.98. The Morgan fingerprint density at radius 2 is 2.06 bits per heavy atom. The average Bonchev–Trinajstić information content (AvgIpc) is 2.39. The molecule has 0 aliphatic carbocycles. The third-order valence-corrected chi connectivity index (χ3v) is 3.78.